The first-order chi connectivity index (χ1) is 11.5. The highest BCUT2D eigenvalue weighted by Gasteiger charge is 2.18. The van der Waals surface area contributed by atoms with Gasteiger partial charge in [0.2, 0.25) is 0 Å². The van der Waals surface area contributed by atoms with Crippen molar-refractivity contribution in [3.63, 3.8) is 0 Å². The lowest BCUT2D eigenvalue weighted by atomic mass is 10.1. The average Bonchev–Trinajstić information content (AvgIpc) is 2.55. The first-order valence-corrected chi connectivity index (χ1v) is 7.72. The molecule has 0 fully saturated rings. The van der Waals surface area contributed by atoms with E-state index in [0.29, 0.717) is 11.4 Å². The number of hydrogen-bond donors (Lipinski definition) is 1. The van der Waals surface area contributed by atoms with Gasteiger partial charge in [0.05, 0.1) is 0 Å². The highest BCUT2D eigenvalue weighted by atomic mass is 16.6. The van der Waals surface area contributed by atoms with Gasteiger partial charge < -0.3 is 14.8 Å². The van der Waals surface area contributed by atoms with E-state index in [9.17, 15) is 9.59 Å². The molecule has 0 aliphatic heterocycles. The van der Waals surface area contributed by atoms with E-state index in [4.69, 9.17) is 9.47 Å². The third-order valence-electron chi connectivity index (χ3n) is 3.46. The summed E-state index contributed by atoms with van der Waals surface area (Å²) >= 11 is 0. The number of rotatable bonds is 6. The molecule has 2 aromatic carbocycles. The van der Waals surface area contributed by atoms with Crippen LogP contribution in [0.3, 0.4) is 0 Å². The van der Waals surface area contributed by atoms with Gasteiger partial charge in [0.1, 0.15) is 5.75 Å². The van der Waals surface area contributed by atoms with Gasteiger partial charge in [0, 0.05) is 5.69 Å². The van der Waals surface area contributed by atoms with E-state index < -0.39 is 12.1 Å². The molecule has 0 aliphatic carbocycles. The Morgan fingerprint density at radius 1 is 1.00 bits per heavy atom. The molecule has 24 heavy (non-hydrogen) atoms. The van der Waals surface area contributed by atoms with Crippen LogP contribution in [-0.2, 0) is 14.3 Å². The first kappa shape index (κ1) is 17.5. The van der Waals surface area contributed by atoms with Crippen molar-refractivity contribution in [1.29, 1.82) is 0 Å². The van der Waals surface area contributed by atoms with Crippen molar-refractivity contribution in [2.24, 2.45) is 0 Å². The van der Waals surface area contributed by atoms with Gasteiger partial charge in [-0.15, -0.1) is 0 Å². The minimum absolute atomic E-state index is 0.241. The van der Waals surface area contributed by atoms with Gasteiger partial charge in [0.15, 0.2) is 12.7 Å². The van der Waals surface area contributed by atoms with E-state index in [1.54, 1.807) is 12.1 Å². The lowest BCUT2D eigenvalue weighted by molar-refractivity contribution is -0.155. The van der Waals surface area contributed by atoms with Crippen molar-refractivity contribution in [3.05, 3.63) is 59.7 Å². The largest absolute Gasteiger partial charge is 0.481 e. The van der Waals surface area contributed by atoms with Crippen LogP contribution in [0.4, 0.5) is 5.69 Å². The van der Waals surface area contributed by atoms with Crippen LogP contribution in [0.2, 0.25) is 0 Å². The van der Waals surface area contributed by atoms with Gasteiger partial charge in [-0.25, -0.2) is 4.79 Å². The molecule has 1 amide bonds. The highest BCUT2D eigenvalue weighted by Crippen LogP contribution is 2.22. The van der Waals surface area contributed by atoms with Crippen molar-refractivity contribution >= 4 is 17.6 Å². The summed E-state index contributed by atoms with van der Waals surface area (Å²) in [5.41, 5.74) is 2.53. The molecule has 0 aliphatic rings. The van der Waals surface area contributed by atoms with Gasteiger partial charge in [-0.2, -0.15) is 0 Å². The second-order valence-corrected chi connectivity index (χ2v) is 5.50. The molecular formula is C19H21NO4. The summed E-state index contributed by atoms with van der Waals surface area (Å²) in [6.07, 6.45) is -0.903. The molecule has 0 unspecified atom stereocenters. The number of anilines is 1. The van der Waals surface area contributed by atoms with Crippen LogP contribution in [0.25, 0.3) is 0 Å². The number of hydrogen-bond acceptors (Lipinski definition) is 4. The molecule has 0 radical (unpaired) electrons. The number of carbonyl (C=O) groups excluding carboxylic acids is 2. The number of carbonyl (C=O) groups is 2. The van der Waals surface area contributed by atoms with E-state index in [1.165, 1.54) is 6.92 Å². The Labute approximate surface area is 141 Å². The van der Waals surface area contributed by atoms with E-state index in [0.717, 1.165) is 11.1 Å². The third kappa shape index (κ3) is 4.84. The summed E-state index contributed by atoms with van der Waals surface area (Å²) in [4.78, 5) is 23.9. The summed E-state index contributed by atoms with van der Waals surface area (Å²) in [7, 11) is 0. The molecule has 0 spiro atoms. The Hall–Kier alpha value is -2.82. The molecule has 2 aromatic rings. The maximum absolute atomic E-state index is 12.0. The molecule has 126 valence electrons. The summed E-state index contributed by atoms with van der Waals surface area (Å²) in [6, 6.07) is 14.7. The monoisotopic (exact) mass is 327 g/mol. The van der Waals surface area contributed by atoms with E-state index in [2.05, 4.69) is 5.32 Å². The van der Waals surface area contributed by atoms with Crippen molar-refractivity contribution in [1.82, 2.24) is 0 Å². The molecule has 0 heterocycles. The molecule has 0 aromatic heterocycles. The fourth-order valence-electron chi connectivity index (χ4n) is 2.21. The van der Waals surface area contributed by atoms with Crippen LogP contribution >= 0.6 is 0 Å². The fourth-order valence-corrected chi connectivity index (χ4v) is 2.21. The molecule has 0 saturated carbocycles. The second kappa shape index (κ2) is 8.15. The van der Waals surface area contributed by atoms with Gasteiger partial charge in [-0.3, -0.25) is 4.79 Å². The van der Waals surface area contributed by atoms with Crippen LogP contribution in [0.5, 0.6) is 5.75 Å². The zero-order chi connectivity index (χ0) is 17.5. The Morgan fingerprint density at radius 3 is 2.25 bits per heavy atom. The molecule has 1 atom stereocenters. The van der Waals surface area contributed by atoms with E-state index in [-0.39, 0.29) is 12.5 Å². The molecule has 0 saturated heterocycles. The Bertz CT molecular complexity index is 692. The van der Waals surface area contributed by atoms with Crippen LogP contribution in [0, 0.1) is 13.8 Å². The number of esters is 1. The van der Waals surface area contributed by atoms with Crippen LogP contribution in [-0.4, -0.2) is 24.6 Å². The van der Waals surface area contributed by atoms with Gasteiger partial charge >= 0.3 is 5.97 Å². The van der Waals surface area contributed by atoms with Gasteiger partial charge in [-0.05, 0) is 44.0 Å². The smallest absolute Gasteiger partial charge is 0.344 e. The maximum atomic E-state index is 12.0. The maximum Gasteiger partial charge on any atom is 0.344 e. The predicted molar refractivity (Wildman–Crippen MR) is 92.0 cm³/mol. The van der Waals surface area contributed by atoms with Crippen molar-refractivity contribution in [2.45, 2.75) is 26.9 Å². The summed E-state index contributed by atoms with van der Waals surface area (Å²) in [5.74, 6) is -0.314. The quantitative estimate of drug-likeness (QED) is 0.827. The number of ether oxygens (including phenoxy) is 2. The normalized spacial score (nSPS) is 11.5. The number of benzene rings is 2. The molecule has 1 N–H and O–H groups in total. The summed E-state index contributed by atoms with van der Waals surface area (Å²) in [6.45, 7) is 5.09. The number of amides is 1. The molecule has 5 heteroatoms. The van der Waals surface area contributed by atoms with Crippen molar-refractivity contribution < 1.29 is 19.1 Å². The predicted octanol–water partition coefficient (Wildman–Crippen LogP) is 3.25. The van der Waals surface area contributed by atoms with Gasteiger partial charge in [-0.1, -0.05) is 36.4 Å². The zero-order valence-electron chi connectivity index (χ0n) is 14.0. The molecule has 0 bridgehead atoms. The lowest BCUT2D eigenvalue weighted by Gasteiger charge is -2.15. The highest BCUT2D eigenvalue weighted by molar-refractivity contribution is 5.95. The standard InChI is InChI=1S/C19H21NO4/c1-13-8-7-9-14(2)18(13)23-12-17(21)24-15(3)19(22)20-16-10-5-4-6-11-16/h4-11,15H,12H2,1-3H3,(H,20,22)/t15-/m1/s1. The number of nitrogens with one attached hydrogen (secondary N) is 1. The Morgan fingerprint density at radius 2 is 1.62 bits per heavy atom. The summed E-state index contributed by atoms with van der Waals surface area (Å²) in [5, 5.41) is 2.68. The fraction of sp³-hybridized carbons (Fsp3) is 0.263. The molecular weight excluding hydrogens is 306 g/mol. The Balaban J connectivity index is 1.84. The molecule has 5 nitrogen and oxygen atoms in total. The van der Waals surface area contributed by atoms with Gasteiger partial charge in [0.25, 0.3) is 5.91 Å². The van der Waals surface area contributed by atoms with Crippen molar-refractivity contribution in [3.8, 4) is 5.75 Å². The zero-order valence-corrected chi connectivity index (χ0v) is 14.0. The SMILES string of the molecule is Cc1cccc(C)c1OCC(=O)O[C@H](C)C(=O)Nc1ccccc1. The van der Waals surface area contributed by atoms with E-state index >= 15 is 0 Å². The lowest BCUT2D eigenvalue weighted by Crippen LogP contribution is -2.31. The summed E-state index contributed by atoms with van der Waals surface area (Å²) < 4.78 is 10.6. The second-order valence-electron chi connectivity index (χ2n) is 5.50. The average molecular weight is 327 g/mol. The van der Waals surface area contributed by atoms with Crippen molar-refractivity contribution in [2.75, 3.05) is 11.9 Å². The van der Waals surface area contributed by atoms with Crippen LogP contribution in [0.1, 0.15) is 18.1 Å². The third-order valence-corrected chi connectivity index (χ3v) is 3.46. The minimum atomic E-state index is -0.903. The van der Waals surface area contributed by atoms with Crippen LogP contribution < -0.4 is 10.1 Å². The Kier molecular flexibility index (Phi) is 5.95. The first-order valence-electron chi connectivity index (χ1n) is 7.72. The minimum Gasteiger partial charge on any atom is -0.481 e. The number of aryl methyl sites for hydroxylation is 2. The molecule has 2 rings (SSSR count). The number of para-hydroxylation sites is 2. The topological polar surface area (TPSA) is 64.6 Å². The van der Waals surface area contributed by atoms with E-state index in [1.807, 2.05) is 50.2 Å². The van der Waals surface area contributed by atoms with Crippen LogP contribution in [0.15, 0.2) is 48.5 Å².